The third-order valence-electron chi connectivity index (χ3n) is 1.39. The van der Waals surface area contributed by atoms with Crippen LogP contribution in [0.25, 0.3) is 5.65 Å². The van der Waals surface area contributed by atoms with E-state index in [1.165, 1.54) is 0 Å². The highest BCUT2D eigenvalue weighted by Crippen LogP contribution is 2.04. The highest BCUT2D eigenvalue weighted by atomic mass is 16.4. The number of pyridine rings is 1. The Kier molecular flexibility index (Phi) is 0.722. The zero-order valence-corrected chi connectivity index (χ0v) is 5.83. The maximum absolute atomic E-state index is 10.8. The van der Waals surface area contributed by atoms with Gasteiger partial charge in [0.2, 0.25) is 0 Å². The molecule has 1 N–H and O–H groups in total. The lowest BCUT2D eigenvalue weighted by atomic mass is 10.4. The predicted octanol–water partition coefficient (Wildman–Crippen LogP) is 1.03. The van der Waals surface area contributed by atoms with Gasteiger partial charge in [0.1, 0.15) is 5.65 Å². The molecule has 2 aromatic heterocycles. The second-order valence-corrected chi connectivity index (χ2v) is 2.09. The molecule has 0 aliphatic carbocycles. The van der Waals surface area contributed by atoms with Crippen LogP contribution < -0.4 is 0 Å². The van der Waals surface area contributed by atoms with E-state index < -0.39 is 24.2 Å². The van der Waals surface area contributed by atoms with Gasteiger partial charge in [-0.1, -0.05) is 6.04 Å². The molecule has 4 nitrogen and oxygen atoms in total. The van der Waals surface area contributed by atoms with E-state index in [0.717, 1.165) is 10.6 Å². The number of nitrogens with zero attached hydrogens (tertiary/aromatic N) is 2. The van der Waals surface area contributed by atoms with E-state index in [1.807, 2.05) is 0 Å². The van der Waals surface area contributed by atoms with E-state index in [1.54, 1.807) is 0 Å². The van der Waals surface area contributed by atoms with Gasteiger partial charge in [0.05, 0.1) is 11.7 Å². The summed E-state index contributed by atoms with van der Waals surface area (Å²) in [5.74, 6) is -1.29. The molecule has 0 aromatic carbocycles. The normalized spacial score (nSPS) is 15.0. The Hall–Kier alpha value is -1.84. The van der Waals surface area contributed by atoms with Crippen molar-refractivity contribution in [2.45, 2.75) is 0 Å². The number of hydrogen-bond acceptors (Lipinski definition) is 2. The molecule has 2 rings (SSSR count). The van der Waals surface area contributed by atoms with Crippen molar-refractivity contribution in [3.63, 3.8) is 0 Å². The van der Waals surface area contributed by atoms with E-state index in [0.29, 0.717) is 0 Å². The van der Waals surface area contributed by atoms with Crippen molar-refractivity contribution >= 4 is 11.6 Å². The molecule has 0 fully saturated rings. The molecule has 0 bridgehead atoms. The van der Waals surface area contributed by atoms with Gasteiger partial charge >= 0.3 is 5.97 Å². The summed E-state index contributed by atoms with van der Waals surface area (Å²) in [5, 5.41) is 8.83. The lowest BCUT2D eigenvalue weighted by Crippen LogP contribution is -2.00. The van der Waals surface area contributed by atoms with Crippen LogP contribution in [-0.4, -0.2) is 20.5 Å². The molecule has 0 atom stereocenters. The molecule has 0 saturated carbocycles. The Morgan fingerprint density at radius 2 is 2.50 bits per heavy atom. The van der Waals surface area contributed by atoms with Crippen molar-refractivity contribution in [1.29, 1.82) is 0 Å². The van der Waals surface area contributed by atoms with Crippen molar-refractivity contribution < 1.29 is 15.4 Å². The van der Waals surface area contributed by atoms with Crippen LogP contribution >= 0.6 is 0 Å². The molecular formula is C8H6N2O2. The summed E-state index contributed by atoms with van der Waals surface area (Å²) in [6.07, 6.45) is 0.554. The van der Waals surface area contributed by atoms with Crippen molar-refractivity contribution in [2.24, 2.45) is 0 Å². The molecule has 0 aliphatic heterocycles. The summed E-state index contributed by atoms with van der Waals surface area (Å²) >= 11 is 0. The fourth-order valence-electron chi connectivity index (χ4n) is 0.875. The number of carbonyl (C=O) groups is 1. The summed E-state index contributed by atoms with van der Waals surface area (Å²) in [5.41, 5.74) is -0.384. The third kappa shape index (κ3) is 0.852. The second-order valence-electron chi connectivity index (χ2n) is 2.09. The number of carboxylic acid groups (broad SMARTS) is 1. The number of aromatic nitrogens is 2. The lowest BCUT2D eigenvalue weighted by Gasteiger charge is -1.93. The van der Waals surface area contributed by atoms with Crippen LogP contribution in [0.3, 0.4) is 0 Å². The third-order valence-corrected chi connectivity index (χ3v) is 1.39. The molecule has 0 radical (unpaired) electrons. The number of imidazole rings is 1. The van der Waals surface area contributed by atoms with Gasteiger partial charge < -0.3 is 5.11 Å². The van der Waals surface area contributed by atoms with Gasteiger partial charge in [0.15, 0.2) is 5.69 Å². The fourth-order valence-corrected chi connectivity index (χ4v) is 0.875. The smallest absolute Gasteiger partial charge is 0.354 e. The number of aromatic carboxylic acids is 1. The lowest BCUT2D eigenvalue weighted by molar-refractivity contribution is 0.0689. The summed E-state index contributed by atoms with van der Waals surface area (Å²) in [6, 6.07) is -1.27. The van der Waals surface area contributed by atoms with Crippen LogP contribution in [0.15, 0.2) is 30.5 Å². The average Bonchev–Trinajstić information content (AvgIpc) is 2.67. The summed E-state index contributed by atoms with van der Waals surface area (Å²) in [7, 11) is 0. The largest absolute Gasteiger partial charge is 0.477 e. The minimum Gasteiger partial charge on any atom is -0.477 e. The summed E-state index contributed by atoms with van der Waals surface area (Å²) in [4.78, 5) is 14.5. The molecule has 0 spiro atoms. The first kappa shape index (κ1) is 3.71. The Morgan fingerprint density at radius 3 is 3.25 bits per heavy atom. The molecule has 0 unspecified atom stereocenters. The molecule has 0 amide bonds. The number of rotatable bonds is 1. The zero-order valence-electron chi connectivity index (χ0n) is 9.83. The molecule has 0 saturated heterocycles. The van der Waals surface area contributed by atoms with E-state index >= 15 is 0 Å². The van der Waals surface area contributed by atoms with Crippen molar-refractivity contribution in [2.75, 3.05) is 0 Å². The van der Waals surface area contributed by atoms with E-state index in [-0.39, 0.29) is 17.4 Å². The van der Waals surface area contributed by atoms with Crippen LogP contribution in [0, 0.1) is 0 Å². The van der Waals surface area contributed by atoms with Crippen LogP contribution in [0.4, 0.5) is 0 Å². The first-order valence-electron chi connectivity index (χ1n) is 5.12. The van der Waals surface area contributed by atoms with Gasteiger partial charge in [0.25, 0.3) is 0 Å². The second kappa shape index (κ2) is 2.34. The van der Waals surface area contributed by atoms with Gasteiger partial charge in [-0.2, -0.15) is 0 Å². The Bertz CT molecular complexity index is 608. The van der Waals surface area contributed by atoms with Crippen LogP contribution in [-0.2, 0) is 0 Å². The predicted molar refractivity (Wildman–Crippen MR) is 42.2 cm³/mol. The monoisotopic (exact) mass is 166 g/mol. The Balaban J connectivity index is 3.00. The van der Waals surface area contributed by atoms with Gasteiger partial charge in [-0.3, -0.25) is 4.40 Å². The Labute approximate surface area is 73.7 Å². The fraction of sp³-hybridized carbons (Fsp3) is 0. The van der Waals surface area contributed by atoms with E-state index in [4.69, 9.17) is 10.6 Å². The molecule has 60 valence electrons. The molecule has 2 heterocycles. The van der Waals surface area contributed by atoms with Crippen molar-refractivity contribution in [3.05, 3.63) is 36.2 Å². The first-order chi connectivity index (χ1) is 7.45. The minimum atomic E-state index is -1.29. The first-order valence-corrected chi connectivity index (χ1v) is 3.12. The zero-order chi connectivity index (χ0) is 12.0. The average molecular weight is 166 g/mol. The van der Waals surface area contributed by atoms with Crippen LogP contribution in [0.2, 0.25) is 0 Å². The van der Waals surface area contributed by atoms with Gasteiger partial charge in [0, 0.05) is 6.17 Å². The van der Waals surface area contributed by atoms with Gasteiger partial charge in [-0.05, 0) is 12.1 Å². The Morgan fingerprint density at radius 1 is 1.67 bits per heavy atom. The maximum Gasteiger partial charge on any atom is 0.354 e. The molecule has 4 heteroatoms. The standard InChI is InChI=1S/C8H6N2O2/c11-8(12)6-5-9-7-3-1-2-4-10(6)7/h1-5H,(H,11,12)/i1D,2D,3D,4D. The van der Waals surface area contributed by atoms with E-state index in [2.05, 4.69) is 4.98 Å². The molecule has 12 heavy (non-hydrogen) atoms. The summed E-state index contributed by atoms with van der Waals surface area (Å²) < 4.78 is 30.7. The molecule has 0 aliphatic rings. The highest BCUT2D eigenvalue weighted by molar-refractivity contribution is 5.86. The summed E-state index contributed by atoms with van der Waals surface area (Å²) in [6.45, 7) is 0. The van der Waals surface area contributed by atoms with Gasteiger partial charge in [-0.15, -0.1) is 0 Å². The molecular weight excluding hydrogens is 156 g/mol. The molecule has 2 aromatic rings. The highest BCUT2D eigenvalue weighted by Gasteiger charge is 2.08. The van der Waals surface area contributed by atoms with E-state index in [9.17, 15) is 4.79 Å². The van der Waals surface area contributed by atoms with Crippen LogP contribution in [0.1, 0.15) is 16.0 Å². The number of fused-ring (bicyclic) bond motifs is 1. The number of hydrogen-bond donors (Lipinski definition) is 1. The van der Waals surface area contributed by atoms with Crippen molar-refractivity contribution in [3.8, 4) is 0 Å². The topological polar surface area (TPSA) is 54.6 Å². The van der Waals surface area contributed by atoms with Crippen LogP contribution in [0.5, 0.6) is 0 Å². The maximum atomic E-state index is 10.8. The quantitative estimate of drug-likeness (QED) is 0.688. The van der Waals surface area contributed by atoms with Crippen molar-refractivity contribution in [1.82, 2.24) is 9.38 Å². The number of carboxylic acids is 1. The minimum absolute atomic E-state index is 0.0941. The van der Waals surface area contributed by atoms with Gasteiger partial charge in [-0.25, -0.2) is 9.78 Å². The SMILES string of the molecule is [2H]c1c([2H])c([2H])n2c(C(=O)O)cnc2c1[2H].